The molecule has 0 heterocycles. The van der Waals surface area contributed by atoms with Crippen molar-refractivity contribution >= 4 is 0 Å². The summed E-state index contributed by atoms with van der Waals surface area (Å²) in [5.74, 6) is 0. The molecule has 1 fully saturated rings. The van der Waals surface area contributed by atoms with Crippen molar-refractivity contribution in [2.75, 3.05) is 0 Å². The van der Waals surface area contributed by atoms with Crippen LogP contribution in [-0.4, -0.2) is 21.9 Å². The Morgan fingerprint density at radius 1 is 1.33 bits per heavy atom. The third kappa shape index (κ3) is 1.41. The second-order valence-corrected chi connectivity index (χ2v) is 4.03. The Morgan fingerprint density at radius 3 is 2.58 bits per heavy atom. The van der Waals surface area contributed by atoms with Crippen molar-refractivity contribution in [1.82, 2.24) is 0 Å². The molecule has 2 N–H and O–H groups in total. The summed E-state index contributed by atoms with van der Waals surface area (Å²) in [6, 6.07) is 0. The quantitative estimate of drug-likeness (QED) is 0.611. The summed E-state index contributed by atoms with van der Waals surface area (Å²) in [6.07, 6.45) is 7.51. The molecule has 2 nitrogen and oxygen atoms in total. The first-order valence-electron chi connectivity index (χ1n) is 4.82. The SMILES string of the molecule is O[C@@H](C1=CCCCC1)C1(O)CC1. The third-order valence-corrected chi connectivity index (χ3v) is 2.95. The highest BCUT2D eigenvalue weighted by molar-refractivity contribution is 5.20. The number of aliphatic hydroxyl groups is 2. The monoisotopic (exact) mass is 168 g/mol. The van der Waals surface area contributed by atoms with Crippen LogP contribution in [0.25, 0.3) is 0 Å². The van der Waals surface area contributed by atoms with Gasteiger partial charge in [0.2, 0.25) is 0 Å². The van der Waals surface area contributed by atoms with E-state index in [-0.39, 0.29) is 0 Å². The largest absolute Gasteiger partial charge is 0.387 e. The molecule has 2 aliphatic carbocycles. The number of hydrogen-bond donors (Lipinski definition) is 2. The topological polar surface area (TPSA) is 40.5 Å². The summed E-state index contributed by atoms with van der Waals surface area (Å²) >= 11 is 0. The van der Waals surface area contributed by atoms with Gasteiger partial charge in [-0.25, -0.2) is 0 Å². The summed E-state index contributed by atoms with van der Waals surface area (Å²) in [5, 5.41) is 19.4. The lowest BCUT2D eigenvalue weighted by molar-refractivity contribution is 0.0189. The van der Waals surface area contributed by atoms with Gasteiger partial charge in [-0.2, -0.15) is 0 Å². The lowest BCUT2D eigenvalue weighted by Gasteiger charge is -2.22. The predicted octanol–water partition coefficient (Wildman–Crippen LogP) is 1.37. The van der Waals surface area contributed by atoms with Gasteiger partial charge in [0.25, 0.3) is 0 Å². The number of aliphatic hydroxyl groups excluding tert-OH is 1. The minimum absolute atomic E-state index is 0.571. The van der Waals surface area contributed by atoms with E-state index < -0.39 is 11.7 Å². The van der Waals surface area contributed by atoms with Gasteiger partial charge in [0.1, 0.15) is 6.10 Å². The van der Waals surface area contributed by atoms with Crippen LogP contribution >= 0.6 is 0 Å². The molecule has 2 aliphatic rings. The van der Waals surface area contributed by atoms with Gasteiger partial charge in [-0.3, -0.25) is 0 Å². The van der Waals surface area contributed by atoms with E-state index in [0.29, 0.717) is 0 Å². The summed E-state index contributed by atoms with van der Waals surface area (Å²) in [6.45, 7) is 0. The van der Waals surface area contributed by atoms with Gasteiger partial charge in [-0.15, -0.1) is 0 Å². The van der Waals surface area contributed by atoms with Crippen LogP contribution in [0.3, 0.4) is 0 Å². The highest BCUT2D eigenvalue weighted by atomic mass is 16.3. The second-order valence-electron chi connectivity index (χ2n) is 4.03. The average molecular weight is 168 g/mol. The molecule has 0 bridgehead atoms. The zero-order valence-corrected chi connectivity index (χ0v) is 7.29. The maximum Gasteiger partial charge on any atom is 0.104 e. The molecule has 0 saturated heterocycles. The first kappa shape index (κ1) is 8.27. The first-order valence-corrected chi connectivity index (χ1v) is 4.82. The molecule has 12 heavy (non-hydrogen) atoms. The molecule has 2 heteroatoms. The van der Waals surface area contributed by atoms with Crippen molar-refractivity contribution in [3.63, 3.8) is 0 Å². The molecule has 0 unspecified atom stereocenters. The first-order chi connectivity index (χ1) is 5.72. The molecule has 0 radical (unpaired) electrons. The zero-order valence-electron chi connectivity index (χ0n) is 7.29. The Bertz CT molecular complexity index is 204. The average Bonchev–Trinajstić information content (AvgIpc) is 2.85. The Hall–Kier alpha value is -0.340. The lowest BCUT2D eigenvalue weighted by Crippen LogP contribution is -2.30. The summed E-state index contributed by atoms with van der Waals surface area (Å²) in [7, 11) is 0. The van der Waals surface area contributed by atoms with Crippen molar-refractivity contribution in [1.29, 1.82) is 0 Å². The molecule has 0 aliphatic heterocycles. The molecule has 2 rings (SSSR count). The molecule has 68 valence electrons. The van der Waals surface area contributed by atoms with Crippen LogP contribution in [0.5, 0.6) is 0 Å². The molecule has 1 atom stereocenters. The van der Waals surface area contributed by atoms with Crippen LogP contribution in [0, 0.1) is 0 Å². The smallest absolute Gasteiger partial charge is 0.104 e. The maximum absolute atomic E-state index is 9.75. The fourth-order valence-corrected chi connectivity index (χ4v) is 1.86. The van der Waals surface area contributed by atoms with Crippen LogP contribution in [0.2, 0.25) is 0 Å². The minimum Gasteiger partial charge on any atom is -0.387 e. The van der Waals surface area contributed by atoms with Crippen molar-refractivity contribution < 1.29 is 10.2 Å². The third-order valence-electron chi connectivity index (χ3n) is 2.95. The molecule has 0 aromatic rings. The second kappa shape index (κ2) is 2.86. The van der Waals surface area contributed by atoms with Gasteiger partial charge in [0.15, 0.2) is 0 Å². The standard InChI is InChI=1S/C10H16O2/c11-9(10(12)6-7-10)8-4-2-1-3-5-8/h4,9,11-12H,1-3,5-7H2/t9-/m0/s1. The van der Waals surface area contributed by atoms with Gasteiger partial charge in [0.05, 0.1) is 5.60 Å². The Morgan fingerprint density at radius 2 is 2.08 bits per heavy atom. The van der Waals surface area contributed by atoms with Crippen LogP contribution in [0.4, 0.5) is 0 Å². The van der Waals surface area contributed by atoms with Crippen molar-refractivity contribution in [2.45, 2.75) is 50.2 Å². The van der Waals surface area contributed by atoms with Crippen molar-refractivity contribution in [3.8, 4) is 0 Å². The zero-order chi connectivity index (χ0) is 8.60. The number of hydrogen-bond acceptors (Lipinski definition) is 2. The summed E-state index contributed by atoms with van der Waals surface area (Å²) in [4.78, 5) is 0. The van der Waals surface area contributed by atoms with Crippen LogP contribution in [-0.2, 0) is 0 Å². The van der Waals surface area contributed by atoms with E-state index >= 15 is 0 Å². The van der Waals surface area contributed by atoms with Gasteiger partial charge < -0.3 is 10.2 Å². The van der Waals surface area contributed by atoms with E-state index in [4.69, 9.17) is 0 Å². The fourth-order valence-electron chi connectivity index (χ4n) is 1.86. The summed E-state index contributed by atoms with van der Waals surface area (Å²) in [5.41, 5.74) is 0.324. The van der Waals surface area contributed by atoms with Gasteiger partial charge in [-0.1, -0.05) is 6.08 Å². The molecular formula is C10H16O2. The maximum atomic E-state index is 9.75. The van der Waals surface area contributed by atoms with Gasteiger partial charge in [0, 0.05) is 0 Å². The summed E-state index contributed by atoms with van der Waals surface area (Å²) < 4.78 is 0. The molecule has 0 amide bonds. The van der Waals surface area contributed by atoms with E-state index in [1.165, 1.54) is 12.8 Å². The van der Waals surface area contributed by atoms with E-state index in [9.17, 15) is 10.2 Å². The highest BCUT2D eigenvalue weighted by Gasteiger charge is 2.48. The van der Waals surface area contributed by atoms with Gasteiger partial charge in [-0.05, 0) is 44.1 Å². The molecule has 0 aromatic carbocycles. The normalized spacial score (nSPS) is 29.3. The molecular weight excluding hydrogens is 152 g/mol. The van der Waals surface area contributed by atoms with Gasteiger partial charge >= 0.3 is 0 Å². The van der Waals surface area contributed by atoms with E-state index in [1.807, 2.05) is 0 Å². The lowest BCUT2D eigenvalue weighted by atomic mass is 9.92. The number of allylic oxidation sites excluding steroid dienone is 1. The van der Waals surface area contributed by atoms with Crippen LogP contribution in [0.1, 0.15) is 38.5 Å². The highest BCUT2D eigenvalue weighted by Crippen LogP contribution is 2.42. The Balaban J connectivity index is 2.02. The molecule has 0 aromatic heterocycles. The minimum atomic E-state index is -0.747. The van der Waals surface area contributed by atoms with E-state index in [0.717, 1.165) is 31.3 Å². The van der Waals surface area contributed by atoms with E-state index in [2.05, 4.69) is 6.08 Å². The predicted molar refractivity (Wildman–Crippen MR) is 46.7 cm³/mol. The molecule has 1 saturated carbocycles. The van der Waals surface area contributed by atoms with Crippen LogP contribution < -0.4 is 0 Å². The Kier molecular flexibility index (Phi) is 1.97. The fraction of sp³-hybridized carbons (Fsp3) is 0.800. The van der Waals surface area contributed by atoms with Crippen molar-refractivity contribution in [2.24, 2.45) is 0 Å². The van der Waals surface area contributed by atoms with E-state index in [1.54, 1.807) is 0 Å². The number of rotatable bonds is 2. The Labute approximate surface area is 72.9 Å². The molecule has 0 spiro atoms. The van der Waals surface area contributed by atoms with Crippen LogP contribution in [0.15, 0.2) is 11.6 Å². The van der Waals surface area contributed by atoms with Crippen molar-refractivity contribution in [3.05, 3.63) is 11.6 Å².